The standard InChI is InChI=1S/C22H29NSi/c1-24(2,3)22-15-23-21(17-7-5-4-6-8-17)14-20(22)13-19-12-16-9-10-18(19)11-16/h4-8,14-16,18-19H,9-13H2,1-3H3. The Morgan fingerprint density at radius 3 is 2.46 bits per heavy atom. The second-order valence-corrected chi connectivity index (χ2v) is 14.0. The van der Waals surface area contributed by atoms with Gasteiger partial charge in [-0.15, -0.1) is 0 Å². The molecule has 1 aromatic carbocycles. The van der Waals surface area contributed by atoms with Gasteiger partial charge in [0.05, 0.1) is 13.8 Å². The number of pyridine rings is 1. The summed E-state index contributed by atoms with van der Waals surface area (Å²) in [6.45, 7) is 7.36. The first-order chi connectivity index (χ1) is 11.5. The van der Waals surface area contributed by atoms with E-state index in [1.165, 1.54) is 37.7 Å². The molecule has 1 heterocycles. The van der Waals surface area contributed by atoms with Gasteiger partial charge in [0.25, 0.3) is 0 Å². The third kappa shape index (κ3) is 3.09. The molecule has 3 unspecified atom stereocenters. The highest BCUT2D eigenvalue weighted by Gasteiger charge is 2.39. The van der Waals surface area contributed by atoms with Gasteiger partial charge in [-0.3, -0.25) is 4.98 Å². The first kappa shape index (κ1) is 16.1. The molecule has 1 nitrogen and oxygen atoms in total. The molecule has 0 aliphatic heterocycles. The molecule has 2 aliphatic carbocycles. The highest BCUT2D eigenvalue weighted by Crippen LogP contribution is 2.49. The fourth-order valence-corrected chi connectivity index (χ4v) is 6.61. The van der Waals surface area contributed by atoms with Gasteiger partial charge in [0.15, 0.2) is 0 Å². The normalized spacial score (nSPS) is 26.0. The van der Waals surface area contributed by atoms with Gasteiger partial charge in [-0.1, -0.05) is 56.4 Å². The Morgan fingerprint density at radius 1 is 1.04 bits per heavy atom. The molecular weight excluding hydrogens is 306 g/mol. The first-order valence-corrected chi connectivity index (χ1v) is 13.1. The van der Waals surface area contributed by atoms with Crippen molar-refractivity contribution in [3.63, 3.8) is 0 Å². The van der Waals surface area contributed by atoms with Crippen LogP contribution < -0.4 is 5.19 Å². The molecule has 0 spiro atoms. The number of hydrogen-bond donors (Lipinski definition) is 0. The average Bonchev–Trinajstić information content (AvgIpc) is 3.17. The summed E-state index contributed by atoms with van der Waals surface area (Å²) in [4.78, 5) is 4.83. The Hall–Kier alpha value is -1.41. The molecule has 0 saturated heterocycles. The van der Waals surface area contributed by atoms with Crippen molar-refractivity contribution in [3.8, 4) is 11.3 Å². The molecule has 2 bridgehead atoms. The summed E-state index contributed by atoms with van der Waals surface area (Å²) in [6.07, 6.45) is 9.44. The third-order valence-electron chi connectivity index (χ3n) is 6.23. The van der Waals surface area contributed by atoms with Crippen molar-refractivity contribution >= 4 is 13.3 Å². The van der Waals surface area contributed by atoms with Crippen LogP contribution in [0.25, 0.3) is 11.3 Å². The molecule has 0 N–H and O–H groups in total. The molecule has 0 radical (unpaired) electrons. The number of nitrogens with zero attached hydrogens (tertiary/aromatic N) is 1. The van der Waals surface area contributed by atoms with E-state index in [9.17, 15) is 0 Å². The summed E-state index contributed by atoms with van der Waals surface area (Å²) in [7, 11) is -1.36. The largest absolute Gasteiger partial charge is 0.256 e. The van der Waals surface area contributed by atoms with E-state index in [0.717, 1.165) is 23.4 Å². The maximum absolute atomic E-state index is 4.83. The minimum atomic E-state index is -1.36. The Kier molecular flexibility index (Phi) is 4.12. The lowest BCUT2D eigenvalue weighted by Crippen LogP contribution is -2.41. The first-order valence-electron chi connectivity index (χ1n) is 9.55. The van der Waals surface area contributed by atoms with Crippen LogP contribution in [0.3, 0.4) is 0 Å². The van der Waals surface area contributed by atoms with E-state index in [0.29, 0.717) is 0 Å². The van der Waals surface area contributed by atoms with Crippen molar-refractivity contribution in [2.24, 2.45) is 17.8 Å². The van der Waals surface area contributed by atoms with E-state index < -0.39 is 8.07 Å². The fraction of sp³-hybridized carbons (Fsp3) is 0.500. The Morgan fingerprint density at radius 2 is 1.83 bits per heavy atom. The van der Waals surface area contributed by atoms with Crippen LogP contribution in [-0.2, 0) is 6.42 Å². The second-order valence-electron chi connectivity index (χ2n) is 8.98. The van der Waals surface area contributed by atoms with Crippen LogP contribution in [0.4, 0.5) is 0 Å². The van der Waals surface area contributed by atoms with Crippen molar-refractivity contribution in [2.75, 3.05) is 0 Å². The van der Waals surface area contributed by atoms with Crippen LogP contribution in [0.5, 0.6) is 0 Å². The lowest BCUT2D eigenvalue weighted by Gasteiger charge is -2.26. The predicted octanol–water partition coefficient (Wildman–Crippen LogP) is 5.27. The average molecular weight is 336 g/mol. The molecule has 3 atom stereocenters. The van der Waals surface area contributed by atoms with Crippen LogP contribution in [0, 0.1) is 17.8 Å². The minimum Gasteiger partial charge on any atom is -0.256 e. The van der Waals surface area contributed by atoms with E-state index in [2.05, 4.69) is 62.2 Å². The van der Waals surface area contributed by atoms with Crippen molar-refractivity contribution in [3.05, 3.63) is 48.2 Å². The zero-order chi connectivity index (χ0) is 16.7. The van der Waals surface area contributed by atoms with Crippen LogP contribution in [0.2, 0.25) is 19.6 Å². The van der Waals surface area contributed by atoms with Crippen LogP contribution >= 0.6 is 0 Å². The number of hydrogen-bond acceptors (Lipinski definition) is 1. The summed E-state index contributed by atoms with van der Waals surface area (Å²) in [6, 6.07) is 13.1. The lowest BCUT2D eigenvalue weighted by atomic mass is 9.84. The van der Waals surface area contributed by atoms with Gasteiger partial charge < -0.3 is 0 Å². The van der Waals surface area contributed by atoms with Crippen LogP contribution in [0.15, 0.2) is 42.6 Å². The highest BCUT2D eigenvalue weighted by molar-refractivity contribution is 6.89. The van der Waals surface area contributed by atoms with Crippen LogP contribution in [0.1, 0.15) is 31.2 Å². The molecular formula is C22H29NSi. The number of aromatic nitrogens is 1. The monoisotopic (exact) mass is 335 g/mol. The summed E-state index contributed by atoms with van der Waals surface area (Å²) >= 11 is 0. The number of benzene rings is 1. The van der Waals surface area contributed by atoms with Crippen molar-refractivity contribution in [2.45, 2.75) is 51.7 Å². The molecule has 2 saturated carbocycles. The quantitative estimate of drug-likeness (QED) is 0.693. The van der Waals surface area contributed by atoms with Crippen molar-refractivity contribution in [1.82, 2.24) is 4.98 Å². The summed E-state index contributed by atoms with van der Waals surface area (Å²) in [5, 5.41) is 1.57. The van der Waals surface area contributed by atoms with Gasteiger partial charge >= 0.3 is 0 Å². The molecule has 2 aromatic rings. The van der Waals surface area contributed by atoms with E-state index in [4.69, 9.17) is 4.98 Å². The van der Waals surface area contributed by atoms with Gasteiger partial charge in [0.1, 0.15) is 0 Å². The molecule has 24 heavy (non-hydrogen) atoms. The summed E-state index contributed by atoms with van der Waals surface area (Å²) in [5.41, 5.74) is 3.99. The number of rotatable bonds is 4. The van der Waals surface area contributed by atoms with E-state index in [1.807, 2.05) is 0 Å². The zero-order valence-corrected chi connectivity index (χ0v) is 16.3. The lowest BCUT2D eigenvalue weighted by molar-refractivity contribution is 0.332. The highest BCUT2D eigenvalue weighted by atomic mass is 28.3. The maximum Gasteiger partial charge on any atom is 0.0799 e. The summed E-state index contributed by atoms with van der Waals surface area (Å²) in [5.74, 6) is 2.95. The maximum atomic E-state index is 4.83. The number of fused-ring (bicyclic) bond motifs is 2. The Bertz CT molecular complexity index is 716. The zero-order valence-electron chi connectivity index (χ0n) is 15.3. The van der Waals surface area contributed by atoms with E-state index in [-0.39, 0.29) is 0 Å². The molecule has 2 fully saturated rings. The second kappa shape index (κ2) is 6.14. The predicted molar refractivity (Wildman–Crippen MR) is 105 cm³/mol. The Labute approximate surface area is 147 Å². The summed E-state index contributed by atoms with van der Waals surface area (Å²) < 4.78 is 0. The van der Waals surface area contributed by atoms with Gasteiger partial charge in [0.2, 0.25) is 0 Å². The third-order valence-corrected chi connectivity index (χ3v) is 8.30. The van der Waals surface area contributed by atoms with E-state index in [1.54, 1.807) is 10.8 Å². The fourth-order valence-electron chi connectivity index (χ4n) is 5.02. The van der Waals surface area contributed by atoms with Gasteiger partial charge in [-0.05, 0) is 60.3 Å². The molecule has 2 aliphatic rings. The van der Waals surface area contributed by atoms with Gasteiger partial charge in [-0.25, -0.2) is 0 Å². The van der Waals surface area contributed by atoms with Gasteiger partial charge in [0, 0.05) is 11.8 Å². The SMILES string of the molecule is C[Si](C)(C)c1cnc(-c2ccccc2)cc1CC1CC2CCC1C2. The molecule has 4 rings (SSSR count). The smallest absolute Gasteiger partial charge is 0.0799 e. The molecule has 2 heteroatoms. The molecule has 126 valence electrons. The van der Waals surface area contributed by atoms with Crippen molar-refractivity contribution in [1.29, 1.82) is 0 Å². The van der Waals surface area contributed by atoms with Gasteiger partial charge in [-0.2, -0.15) is 0 Å². The van der Waals surface area contributed by atoms with Crippen LogP contribution in [-0.4, -0.2) is 13.1 Å². The minimum absolute atomic E-state index is 0.921. The van der Waals surface area contributed by atoms with Crippen molar-refractivity contribution < 1.29 is 0 Å². The molecule has 0 amide bonds. The topological polar surface area (TPSA) is 12.9 Å². The Balaban J connectivity index is 1.69. The molecule has 1 aromatic heterocycles. The van der Waals surface area contributed by atoms with E-state index >= 15 is 0 Å².